The quantitative estimate of drug-likeness (QED) is 0.181. The molecule has 2 aliphatic rings. The molecule has 2 aliphatic heterocycles. The minimum atomic E-state index is -0.820. The maximum atomic E-state index is 14.1. The van der Waals surface area contributed by atoms with Gasteiger partial charge in [-0.15, -0.1) is 0 Å². The van der Waals surface area contributed by atoms with E-state index in [1.807, 2.05) is 25.1 Å². The number of hydrogen-bond acceptors (Lipinski definition) is 10. The number of aromatic nitrogens is 1. The lowest BCUT2D eigenvalue weighted by atomic mass is 9.83. The normalized spacial score (nSPS) is 18.5. The number of nitrogens with one attached hydrogen (secondary N) is 2. The standard InChI is InChI=1S/C33H29N3O8S2/c1-3-42-23-16-19(12-15-22(23)44-17-24(37)34-20-8-6-5-7-9-20)25-26-28(45-29-27(25)46-33(41)35-29)31(39)36(30(26)38)21-13-10-18(11-14-21)32(40)43-4-2/h5-16,25-26,28H,3-4,17H2,1-2H3,(H,34,37)(H,35,41). The number of rotatable bonds is 10. The molecule has 1 aromatic heterocycles. The largest absolute Gasteiger partial charge is 0.490 e. The van der Waals surface area contributed by atoms with Crippen LogP contribution in [0.3, 0.4) is 0 Å². The highest BCUT2D eigenvalue weighted by atomic mass is 32.2. The number of carbonyl (C=O) groups excluding carboxylic acids is 4. The Morgan fingerprint density at radius 2 is 1.65 bits per heavy atom. The van der Waals surface area contributed by atoms with Crippen LogP contribution in [-0.4, -0.2) is 53.7 Å². The minimum absolute atomic E-state index is 0.222. The van der Waals surface area contributed by atoms with E-state index in [4.69, 9.17) is 14.2 Å². The Hall–Kier alpha value is -4.88. The van der Waals surface area contributed by atoms with E-state index >= 15 is 0 Å². The zero-order valence-corrected chi connectivity index (χ0v) is 26.4. The first-order valence-electron chi connectivity index (χ1n) is 14.6. The number of para-hydroxylation sites is 1. The number of esters is 1. The molecule has 3 unspecified atom stereocenters. The molecule has 0 spiro atoms. The first kappa shape index (κ1) is 31.1. The molecule has 1 fully saturated rings. The molecular formula is C33H29N3O8S2. The molecule has 0 radical (unpaired) electrons. The summed E-state index contributed by atoms with van der Waals surface area (Å²) in [7, 11) is 0. The molecule has 6 rings (SSSR count). The number of carbonyl (C=O) groups is 4. The van der Waals surface area contributed by atoms with E-state index in [0.29, 0.717) is 50.5 Å². The molecule has 0 aliphatic carbocycles. The Morgan fingerprint density at radius 3 is 2.37 bits per heavy atom. The van der Waals surface area contributed by atoms with Crippen molar-refractivity contribution in [2.24, 2.45) is 5.92 Å². The smallest absolute Gasteiger partial charge is 0.338 e. The molecule has 11 nitrogen and oxygen atoms in total. The molecule has 0 bridgehead atoms. The highest BCUT2D eigenvalue weighted by Crippen LogP contribution is 2.53. The van der Waals surface area contributed by atoms with Gasteiger partial charge in [0.1, 0.15) is 5.25 Å². The topological polar surface area (TPSA) is 144 Å². The molecule has 3 atom stereocenters. The van der Waals surface area contributed by atoms with E-state index in [-0.39, 0.29) is 24.0 Å². The third-order valence-electron chi connectivity index (χ3n) is 7.50. The number of aromatic amines is 1. The fourth-order valence-corrected chi connectivity index (χ4v) is 8.07. The number of hydrogen-bond donors (Lipinski definition) is 2. The van der Waals surface area contributed by atoms with E-state index in [9.17, 15) is 24.0 Å². The molecular weight excluding hydrogens is 631 g/mol. The van der Waals surface area contributed by atoms with Crippen molar-refractivity contribution >= 4 is 58.2 Å². The van der Waals surface area contributed by atoms with Gasteiger partial charge in [-0.05, 0) is 67.9 Å². The highest BCUT2D eigenvalue weighted by Gasteiger charge is 2.56. The van der Waals surface area contributed by atoms with Gasteiger partial charge in [0.2, 0.25) is 11.8 Å². The maximum absolute atomic E-state index is 14.1. The summed E-state index contributed by atoms with van der Waals surface area (Å²) in [5.41, 5.74) is 1.93. The summed E-state index contributed by atoms with van der Waals surface area (Å²) < 4.78 is 16.7. The third-order valence-corrected chi connectivity index (χ3v) is 9.90. The van der Waals surface area contributed by atoms with E-state index in [0.717, 1.165) is 16.2 Å². The van der Waals surface area contributed by atoms with Crippen molar-refractivity contribution in [2.45, 2.75) is 30.0 Å². The van der Waals surface area contributed by atoms with Gasteiger partial charge in [0.15, 0.2) is 18.1 Å². The van der Waals surface area contributed by atoms with Crippen LogP contribution in [0.2, 0.25) is 0 Å². The number of nitrogens with zero attached hydrogens (tertiary/aromatic N) is 1. The van der Waals surface area contributed by atoms with Crippen LogP contribution in [0.1, 0.15) is 40.6 Å². The van der Waals surface area contributed by atoms with Gasteiger partial charge >= 0.3 is 10.8 Å². The summed E-state index contributed by atoms with van der Waals surface area (Å²) in [5.74, 6) is -2.46. The Balaban J connectivity index is 1.30. The number of H-pyrrole nitrogens is 1. The lowest BCUT2D eigenvalue weighted by Crippen LogP contribution is -2.32. The summed E-state index contributed by atoms with van der Waals surface area (Å²) in [5, 5.41) is 2.51. The van der Waals surface area contributed by atoms with Crippen LogP contribution in [0, 0.1) is 5.92 Å². The summed E-state index contributed by atoms with van der Waals surface area (Å²) in [4.78, 5) is 69.4. The Kier molecular flexibility index (Phi) is 8.95. The van der Waals surface area contributed by atoms with Gasteiger partial charge in [-0.3, -0.25) is 19.2 Å². The van der Waals surface area contributed by atoms with Crippen LogP contribution in [0.15, 0.2) is 82.6 Å². The molecule has 1 saturated heterocycles. The van der Waals surface area contributed by atoms with Crippen molar-refractivity contribution in [2.75, 3.05) is 30.0 Å². The van der Waals surface area contributed by atoms with Gasteiger partial charge in [0.25, 0.3) is 5.91 Å². The van der Waals surface area contributed by atoms with Crippen LogP contribution in [-0.2, 0) is 19.1 Å². The highest BCUT2D eigenvalue weighted by molar-refractivity contribution is 8.00. The number of anilines is 2. The molecule has 46 heavy (non-hydrogen) atoms. The first-order chi connectivity index (χ1) is 22.3. The second-order valence-corrected chi connectivity index (χ2v) is 12.5. The third kappa shape index (κ3) is 6.03. The Morgan fingerprint density at radius 1 is 0.891 bits per heavy atom. The van der Waals surface area contributed by atoms with Crippen LogP contribution >= 0.6 is 23.1 Å². The van der Waals surface area contributed by atoms with Gasteiger partial charge < -0.3 is 24.5 Å². The number of fused-ring (bicyclic) bond motifs is 2. The van der Waals surface area contributed by atoms with E-state index < -0.39 is 34.9 Å². The predicted molar refractivity (Wildman–Crippen MR) is 173 cm³/mol. The zero-order chi connectivity index (χ0) is 32.4. The number of ether oxygens (including phenoxy) is 3. The van der Waals surface area contributed by atoms with Crippen molar-refractivity contribution in [1.29, 1.82) is 0 Å². The maximum Gasteiger partial charge on any atom is 0.338 e. The summed E-state index contributed by atoms with van der Waals surface area (Å²) in [6, 6.07) is 20.3. The summed E-state index contributed by atoms with van der Waals surface area (Å²) in [6.07, 6.45) is 0. The van der Waals surface area contributed by atoms with Gasteiger partial charge in [-0.2, -0.15) is 0 Å². The van der Waals surface area contributed by atoms with Gasteiger partial charge in [0, 0.05) is 16.5 Å². The molecule has 3 amide bonds. The second kappa shape index (κ2) is 13.2. The van der Waals surface area contributed by atoms with E-state index in [1.165, 1.54) is 23.9 Å². The minimum Gasteiger partial charge on any atom is -0.490 e. The first-order valence-corrected chi connectivity index (χ1v) is 16.3. The SMILES string of the molecule is CCOC(=O)c1ccc(N2C(=O)C3Sc4[nH]c(=O)sc4C(c4ccc(OCC(=O)Nc5ccccc5)c(OCC)c4)C3C2=O)cc1. The van der Waals surface area contributed by atoms with E-state index in [2.05, 4.69) is 10.3 Å². The second-order valence-electron chi connectivity index (χ2n) is 10.4. The Labute approximate surface area is 271 Å². The molecule has 4 aromatic rings. The predicted octanol–water partition coefficient (Wildman–Crippen LogP) is 4.83. The summed E-state index contributed by atoms with van der Waals surface area (Å²) in [6.45, 7) is 3.78. The van der Waals surface area contributed by atoms with Gasteiger partial charge in [0.05, 0.1) is 35.4 Å². The zero-order valence-electron chi connectivity index (χ0n) is 24.8. The molecule has 0 saturated carbocycles. The lowest BCUT2D eigenvalue weighted by molar-refractivity contribution is -0.122. The monoisotopic (exact) mass is 659 g/mol. The molecule has 13 heteroatoms. The fourth-order valence-electron chi connectivity index (χ4n) is 5.56. The van der Waals surface area contributed by atoms with Gasteiger partial charge in [-0.1, -0.05) is 47.4 Å². The van der Waals surface area contributed by atoms with Crippen LogP contribution < -0.4 is 24.6 Å². The van der Waals surface area contributed by atoms with Crippen molar-refractivity contribution in [3.05, 3.63) is 98.5 Å². The number of imide groups is 1. The van der Waals surface area contributed by atoms with Crippen molar-refractivity contribution in [1.82, 2.24) is 4.98 Å². The molecule has 3 heterocycles. The number of thioether (sulfide) groups is 1. The van der Waals surface area contributed by atoms with Crippen molar-refractivity contribution < 1.29 is 33.4 Å². The number of thiazole rings is 1. The summed E-state index contributed by atoms with van der Waals surface area (Å²) >= 11 is 2.17. The molecule has 3 aromatic carbocycles. The van der Waals surface area contributed by atoms with Gasteiger partial charge in [-0.25, -0.2) is 9.69 Å². The fraction of sp³-hybridized carbons (Fsp3) is 0.242. The van der Waals surface area contributed by atoms with E-state index in [1.54, 1.807) is 49.4 Å². The van der Waals surface area contributed by atoms with Crippen molar-refractivity contribution in [3.8, 4) is 11.5 Å². The van der Waals surface area contributed by atoms with Crippen molar-refractivity contribution in [3.63, 3.8) is 0 Å². The van der Waals surface area contributed by atoms with Crippen LogP contribution in [0.4, 0.5) is 11.4 Å². The van der Waals surface area contributed by atoms with Crippen LogP contribution in [0.5, 0.6) is 11.5 Å². The number of amides is 3. The average molecular weight is 660 g/mol. The average Bonchev–Trinajstić information content (AvgIpc) is 3.55. The molecule has 236 valence electrons. The lowest BCUT2D eigenvalue weighted by Gasteiger charge is -2.30. The molecule has 2 N–H and O–H groups in total. The van der Waals surface area contributed by atoms with Crippen LogP contribution in [0.25, 0.3) is 0 Å². The number of benzene rings is 3. The Bertz CT molecular complexity index is 1850.